The van der Waals surface area contributed by atoms with E-state index in [1.54, 1.807) is 70.2 Å². The Labute approximate surface area is 243 Å². The number of carbonyl (C=O) groups excluding carboxylic acids is 2. The fourth-order valence-electron chi connectivity index (χ4n) is 5.21. The Morgan fingerprint density at radius 3 is 2.02 bits per heavy atom. The van der Waals surface area contributed by atoms with Gasteiger partial charge in [-0.3, -0.25) is 20.3 Å². The molecule has 0 bridgehead atoms. The first kappa shape index (κ1) is 28.4. The van der Waals surface area contributed by atoms with Gasteiger partial charge in [0.05, 0.1) is 27.9 Å². The van der Waals surface area contributed by atoms with Gasteiger partial charge in [-0.25, -0.2) is 9.59 Å². The molecule has 214 valence electrons. The number of benzene rings is 4. The lowest BCUT2D eigenvalue weighted by Gasteiger charge is -2.32. The van der Waals surface area contributed by atoms with E-state index in [9.17, 15) is 19.7 Å². The normalized spacial score (nSPS) is 13.0. The monoisotopic (exact) mass is 565 g/mol. The van der Waals surface area contributed by atoms with Crippen molar-refractivity contribution in [3.8, 4) is 11.1 Å². The number of nitro groups is 1. The average Bonchev–Trinajstić information content (AvgIpc) is 3.26. The first-order chi connectivity index (χ1) is 20.0. The summed E-state index contributed by atoms with van der Waals surface area (Å²) >= 11 is 0. The second kappa shape index (κ2) is 11.4. The Morgan fingerprint density at radius 2 is 1.40 bits per heavy atom. The van der Waals surface area contributed by atoms with Crippen molar-refractivity contribution >= 4 is 29.2 Å². The molecule has 4 aromatic rings. The fraction of sp³-hybridized carbons (Fsp3) is 0.212. The van der Waals surface area contributed by atoms with Gasteiger partial charge >= 0.3 is 12.2 Å². The zero-order valence-corrected chi connectivity index (χ0v) is 23.7. The third-order valence-electron chi connectivity index (χ3n) is 6.96. The molecule has 1 aliphatic rings. The maximum Gasteiger partial charge on any atom is 0.415 e. The minimum atomic E-state index is -0.854. The summed E-state index contributed by atoms with van der Waals surface area (Å²) in [4.78, 5) is 39.8. The van der Waals surface area contributed by atoms with Gasteiger partial charge in [0.2, 0.25) is 0 Å². The van der Waals surface area contributed by atoms with Gasteiger partial charge in [0.1, 0.15) is 5.60 Å². The molecule has 0 fully saturated rings. The summed E-state index contributed by atoms with van der Waals surface area (Å²) in [6, 6.07) is 27.5. The van der Waals surface area contributed by atoms with Crippen LogP contribution in [-0.4, -0.2) is 22.7 Å². The van der Waals surface area contributed by atoms with E-state index in [-0.39, 0.29) is 11.4 Å². The number of nitrogens with zero attached hydrogens (tertiary/aromatic N) is 2. The molecule has 0 aromatic heterocycles. The van der Waals surface area contributed by atoms with Crippen LogP contribution >= 0.6 is 0 Å². The van der Waals surface area contributed by atoms with Crippen LogP contribution in [0.3, 0.4) is 0 Å². The van der Waals surface area contributed by atoms with Gasteiger partial charge < -0.3 is 9.47 Å². The SMILES string of the molecule is CC(c1ccccc1[N+](=O)[O-])N(C(=O)OC1c2ccccc2-c2ccccc21)c1ccccc1NC(=O)OC(C)(C)C. The Bertz CT molecular complexity index is 1620. The number of nitrogens with one attached hydrogen (secondary N) is 1. The first-order valence-corrected chi connectivity index (χ1v) is 13.6. The number of hydrogen-bond donors (Lipinski definition) is 1. The number of carbonyl (C=O) groups is 2. The van der Waals surface area contributed by atoms with Crippen LogP contribution in [0.4, 0.5) is 26.7 Å². The summed E-state index contributed by atoms with van der Waals surface area (Å²) in [5.41, 5.74) is 3.60. The van der Waals surface area contributed by atoms with Crippen LogP contribution in [0, 0.1) is 10.1 Å². The number of anilines is 2. The summed E-state index contributed by atoms with van der Waals surface area (Å²) in [6.07, 6.45) is -2.15. The molecule has 9 heteroatoms. The summed E-state index contributed by atoms with van der Waals surface area (Å²) in [6.45, 7) is 6.92. The number of fused-ring (bicyclic) bond motifs is 3. The zero-order chi connectivity index (χ0) is 30.0. The molecule has 2 amide bonds. The van der Waals surface area contributed by atoms with Crippen molar-refractivity contribution in [3.63, 3.8) is 0 Å². The van der Waals surface area contributed by atoms with Crippen LogP contribution in [0.1, 0.15) is 56.5 Å². The van der Waals surface area contributed by atoms with Crippen LogP contribution in [0.25, 0.3) is 11.1 Å². The van der Waals surface area contributed by atoms with E-state index < -0.39 is 34.9 Å². The van der Waals surface area contributed by atoms with Gasteiger partial charge in [-0.05, 0) is 51.0 Å². The molecule has 0 spiro atoms. The third-order valence-corrected chi connectivity index (χ3v) is 6.96. The predicted molar refractivity (Wildman–Crippen MR) is 160 cm³/mol. The van der Waals surface area contributed by atoms with Crippen molar-refractivity contribution in [2.75, 3.05) is 10.2 Å². The molecule has 0 heterocycles. The molecule has 0 aliphatic heterocycles. The molecule has 1 N–H and O–H groups in total. The number of rotatable bonds is 6. The van der Waals surface area contributed by atoms with Gasteiger partial charge in [-0.15, -0.1) is 0 Å². The minimum absolute atomic E-state index is 0.142. The number of amides is 2. The van der Waals surface area contributed by atoms with Crippen molar-refractivity contribution in [2.45, 2.75) is 45.4 Å². The smallest absolute Gasteiger partial charge is 0.415 e. The lowest BCUT2D eigenvalue weighted by atomic mass is 10.0. The zero-order valence-electron chi connectivity index (χ0n) is 23.7. The first-order valence-electron chi connectivity index (χ1n) is 13.6. The molecule has 0 saturated carbocycles. The van der Waals surface area contributed by atoms with Crippen molar-refractivity contribution in [3.05, 3.63) is 124 Å². The Balaban J connectivity index is 1.58. The van der Waals surface area contributed by atoms with E-state index in [4.69, 9.17) is 9.47 Å². The summed E-state index contributed by atoms with van der Waals surface area (Å²) in [5, 5.41) is 14.7. The number of hydrogen-bond acceptors (Lipinski definition) is 6. The van der Waals surface area contributed by atoms with Gasteiger partial charge in [-0.2, -0.15) is 0 Å². The van der Waals surface area contributed by atoms with E-state index >= 15 is 0 Å². The highest BCUT2D eigenvalue weighted by Gasteiger charge is 2.36. The number of para-hydroxylation sites is 3. The van der Waals surface area contributed by atoms with Crippen LogP contribution in [0.15, 0.2) is 97.1 Å². The molecule has 42 heavy (non-hydrogen) atoms. The van der Waals surface area contributed by atoms with Gasteiger partial charge in [-0.1, -0.05) is 78.9 Å². The van der Waals surface area contributed by atoms with Crippen molar-refractivity contribution in [1.82, 2.24) is 0 Å². The van der Waals surface area contributed by atoms with E-state index in [0.29, 0.717) is 11.3 Å². The molecule has 9 nitrogen and oxygen atoms in total. The Morgan fingerprint density at radius 1 is 0.857 bits per heavy atom. The molecular weight excluding hydrogens is 534 g/mol. The van der Waals surface area contributed by atoms with Crippen LogP contribution in [-0.2, 0) is 9.47 Å². The molecule has 1 aliphatic carbocycles. The maximum atomic E-state index is 14.3. The molecule has 1 unspecified atom stereocenters. The molecule has 0 saturated heterocycles. The van der Waals surface area contributed by atoms with Gasteiger partial charge in [0, 0.05) is 17.2 Å². The molecule has 5 rings (SSSR count). The maximum absolute atomic E-state index is 14.3. The third kappa shape index (κ3) is 5.67. The number of nitro benzene ring substituents is 1. The van der Waals surface area contributed by atoms with Crippen LogP contribution in [0.2, 0.25) is 0 Å². The summed E-state index contributed by atoms with van der Waals surface area (Å²) in [7, 11) is 0. The lowest BCUT2D eigenvalue weighted by Crippen LogP contribution is -2.36. The van der Waals surface area contributed by atoms with E-state index in [1.165, 1.54) is 11.0 Å². The van der Waals surface area contributed by atoms with Gasteiger partial charge in [0.25, 0.3) is 5.69 Å². The van der Waals surface area contributed by atoms with E-state index in [2.05, 4.69) is 5.32 Å². The summed E-state index contributed by atoms with van der Waals surface area (Å²) in [5.74, 6) is 0. The molecule has 0 radical (unpaired) electrons. The average molecular weight is 566 g/mol. The summed E-state index contributed by atoms with van der Waals surface area (Å²) < 4.78 is 11.7. The topological polar surface area (TPSA) is 111 Å². The molecular formula is C33H31N3O6. The van der Waals surface area contributed by atoms with Gasteiger partial charge in [0.15, 0.2) is 6.10 Å². The quantitative estimate of drug-likeness (QED) is 0.186. The highest BCUT2D eigenvalue weighted by atomic mass is 16.6. The van der Waals surface area contributed by atoms with E-state index in [0.717, 1.165) is 22.3 Å². The molecule has 4 aromatic carbocycles. The fourth-order valence-corrected chi connectivity index (χ4v) is 5.21. The van der Waals surface area contributed by atoms with Crippen molar-refractivity contribution in [2.24, 2.45) is 0 Å². The Hall–Kier alpha value is -5.18. The van der Waals surface area contributed by atoms with Crippen LogP contribution < -0.4 is 10.2 Å². The van der Waals surface area contributed by atoms with Crippen molar-refractivity contribution < 1.29 is 24.0 Å². The second-order valence-electron chi connectivity index (χ2n) is 10.9. The standard InChI is InChI=1S/C33H31N3O6/c1-21(22-13-9-11-19-28(22)36(39)40)35(29-20-12-10-18-27(29)34-31(37)42-33(2,3)4)32(38)41-30-25-16-7-5-14-23(25)24-15-6-8-17-26(24)30/h5-21,30H,1-4H3,(H,34,37). The second-order valence-corrected chi connectivity index (χ2v) is 10.9. The largest absolute Gasteiger partial charge is 0.444 e. The van der Waals surface area contributed by atoms with E-state index in [1.807, 2.05) is 48.5 Å². The molecule has 1 atom stereocenters. The predicted octanol–water partition coefficient (Wildman–Crippen LogP) is 8.42. The highest BCUT2D eigenvalue weighted by molar-refractivity contribution is 5.98. The number of ether oxygens (including phenoxy) is 2. The minimum Gasteiger partial charge on any atom is -0.444 e. The lowest BCUT2D eigenvalue weighted by molar-refractivity contribution is -0.385. The highest BCUT2D eigenvalue weighted by Crippen LogP contribution is 2.46. The van der Waals surface area contributed by atoms with Crippen molar-refractivity contribution in [1.29, 1.82) is 0 Å². The van der Waals surface area contributed by atoms with Crippen LogP contribution in [0.5, 0.6) is 0 Å². The Kier molecular flexibility index (Phi) is 7.67.